The highest BCUT2D eigenvalue weighted by Crippen LogP contribution is 2.32. The lowest BCUT2D eigenvalue weighted by atomic mass is 10.1. The van der Waals surface area contributed by atoms with Crippen LogP contribution in [0.4, 0.5) is 13.2 Å². The lowest BCUT2D eigenvalue weighted by Gasteiger charge is -2.06. The molecule has 0 spiro atoms. The van der Waals surface area contributed by atoms with Gasteiger partial charge in [0.25, 0.3) is 0 Å². The average molecular weight is 276 g/mol. The normalized spacial score (nSPS) is 12.0. The summed E-state index contributed by atoms with van der Waals surface area (Å²) in [5.74, 6) is 0.569. The Morgan fingerprint density at radius 2 is 1.60 bits per heavy atom. The van der Waals surface area contributed by atoms with Crippen molar-refractivity contribution in [1.29, 1.82) is 0 Å². The van der Waals surface area contributed by atoms with Gasteiger partial charge in [0.1, 0.15) is 11.3 Å². The number of hydrogen-bond acceptors (Lipinski definition) is 1. The predicted octanol–water partition coefficient (Wildman–Crippen LogP) is 5.43. The van der Waals surface area contributed by atoms with E-state index in [0.29, 0.717) is 11.3 Å². The molecule has 3 aromatic rings. The quantitative estimate of drug-likeness (QED) is 0.577. The van der Waals surface area contributed by atoms with Gasteiger partial charge in [-0.1, -0.05) is 23.8 Å². The van der Waals surface area contributed by atoms with Crippen LogP contribution in [-0.4, -0.2) is 0 Å². The monoisotopic (exact) mass is 276 g/mol. The van der Waals surface area contributed by atoms with Crippen LogP contribution in [0.3, 0.4) is 0 Å². The van der Waals surface area contributed by atoms with Crippen LogP contribution in [0.1, 0.15) is 11.1 Å². The van der Waals surface area contributed by atoms with E-state index in [9.17, 15) is 13.2 Å². The summed E-state index contributed by atoms with van der Waals surface area (Å²) in [5.41, 5.74) is 1.81. The van der Waals surface area contributed by atoms with Gasteiger partial charge in [-0.2, -0.15) is 13.2 Å². The maximum Gasteiger partial charge on any atom is 0.416 e. The molecule has 3 rings (SSSR count). The van der Waals surface area contributed by atoms with Crippen molar-refractivity contribution in [1.82, 2.24) is 0 Å². The number of fused-ring (bicyclic) bond motifs is 1. The summed E-state index contributed by atoms with van der Waals surface area (Å²) in [5, 5.41) is 0.944. The van der Waals surface area contributed by atoms with Crippen LogP contribution in [0.15, 0.2) is 52.9 Å². The molecule has 0 fully saturated rings. The molecule has 0 aliphatic rings. The summed E-state index contributed by atoms with van der Waals surface area (Å²) in [6.07, 6.45) is -4.32. The zero-order chi connectivity index (χ0) is 14.3. The number of halogens is 3. The van der Waals surface area contributed by atoms with Crippen molar-refractivity contribution >= 4 is 11.0 Å². The maximum atomic E-state index is 12.5. The first-order chi connectivity index (χ1) is 9.43. The average Bonchev–Trinajstić information content (AvgIpc) is 2.80. The van der Waals surface area contributed by atoms with Crippen LogP contribution in [0.2, 0.25) is 0 Å². The first-order valence-electron chi connectivity index (χ1n) is 6.11. The molecule has 0 saturated carbocycles. The minimum atomic E-state index is -4.32. The third-order valence-electron chi connectivity index (χ3n) is 3.17. The lowest BCUT2D eigenvalue weighted by Crippen LogP contribution is -2.03. The number of rotatable bonds is 1. The highest BCUT2D eigenvalue weighted by molar-refractivity contribution is 5.83. The largest absolute Gasteiger partial charge is 0.456 e. The lowest BCUT2D eigenvalue weighted by molar-refractivity contribution is -0.137. The van der Waals surface area contributed by atoms with E-state index < -0.39 is 11.7 Å². The summed E-state index contributed by atoms with van der Waals surface area (Å²) in [6, 6.07) is 12.6. The molecule has 0 N–H and O–H groups in total. The van der Waals surface area contributed by atoms with E-state index >= 15 is 0 Å². The molecule has 0 bridgehead atoms. The molecular weight excluding hydrogens is 265 g/mol. The number of alkyl halides is 3. The Kier molecular flexibility index (Phi) is 2.82. The van der Waals surface area contributed by atoms with Crippen molar-refractivity contribution in [3.8, 4) is 11.3 Å². The Bertz CT molecular complexity index is 751. The van der Waals surface area contributed by atoms with Gasteiger partial charge in [0.2, 0.25) is 0 Å². The molecule has 20 heavy (non-hydrogen) atoms. The SMILES string of the molecule is Cc1ccc2oc(-c3ccc(C(F)(F)F)cc3)cc2c1. The summed E-state index contributed by atoms with van der Waals surface area (Å²) in [4.78, 5) is 0. The first-order valence-corrected chi connectivity index (χ1v) is 6.11. The zero-order valence-corrected chi connectivity index (χ0v) is 10.7. The Balaban J connectivity index is 2.02. The van der Waals surface area contributed by atoms with Gasteiger partial charge in [-0.05, 0) is 37.3 Å². The van der Waals surface area contributed by atoms with Gasteiger partial charge >= 0.3 is 6.18 Å². The van der Waals surface area contributed by atoms with Gasteiger partial charge in [0.05, 0.1) is 5.56 Å². The van der Waals surface area contributed by atoms with Crippen LogP contribution < -0.4 is 0 Å². The minimum absolute atomic E-state index is 0.569. The maximum absolute atomic E-state index is 12.5. The van der Waals surface area contributed by atoms with Crippen molar-refractivity contribution in [2.24, 2.45) is 0 Å². The molecule has 1 nitrogen and oxygen atoms in total. The van der Waals surface area contributed by atoms with E-state index in [0.717, 1.165) is 28.7 Å². The molecule has 0 aliphatic carbocycles. The molecule has 1 heterocycles. The minimum Gasteiger partial charge on any atom is -0.456 e. The van der Waals surface area contributed by atoms with E-state index in [4.69, 9.17) is 4.42 Å². The third kappa shape index (κ3) is 2.29. The molecule has 0 unspecified atom stereocenters. The topological polar surface area (TPSA) is 13.1 Å². The summed E-state index contributed by atoms with van der Waals surface area (Å²) >= 11 is 0. The third-order valence-corrected chi connectivity index (χ3v) is 3.17. The fourth-order valence-corrected chi connectivity index (χ4v) is 2.13. The van der Waals surface area contributed by atoms with E-state index in [1.807, 2.05) is 31.2 Å². The van der Waals surface area contributed by atoms with Crippen molar-refractivity contribution in [2.75, 3.05) is 0 Å². The summed E-state index contributed by atoms with van der Waals surface area (Å²) in [6.45, 7) is 1.98. The van der Waals surface area contributed by atoms with Gasteiger partial charge in [-0.25, -0.2) is 0 Å². The highest BCUT2D eigenvalue weighted by Gasteiger charge is 2.30. The first kappa shape index (κ1) is 12.8. The molecule has 4 heteroatoms. The zero-order valence-electron chi connectivity index (χ0n) is 10.7. The van der Waals surface area contributed by atoms with Crippen LogP contribution in [0.25, 0.3) is 22.3 Å². The second kappa shape index (κ2) is 4.40. The molecule has 2 aromatic carbocycles. The second-order valence-electron chi connectivity index (χ2n) is 4.73. The van der Waals surface area contributed by atoms with Crippen LogP contribution in [0.5, 0.6) is 0 Å². The summed E-state index contributed by atoms with van der Waals surface area (Å²) < 4.78 is 43.2. The van der Waals surface area contributed by atoms with Gasteiger partial charge in [-0.3, -0.25) is 0 Å². The number of hydrogen-bond donors (Lipinski definition) is 0. The standard InChI is InChI=1S/C16H11F3O/c1-10-2-7-14-12(8-10)9-15(20-14)11-3-5-13(6-4-11)16(17,18)19/h2-9H,1H3. The van der Waals surface area contributed by atoms with Crippen LogP contribution >= 0.6 is 0 Å². The van der Waals surface area contributed by atoms with Gasteiger partial charge in [0, 0.05) is 10.9 Å². The van der Waals surface area contributed by atoms with E-state index in [1.54, 1.807) is 0 Å². The van der Waals surface area contributed by atoms with Crippen molar-refractivity contribution in [3.05, 3.63) is 59.7 Å². The van der Waals surface area contributed by atoms with E-state index in [-0.39, 0.29) is 0 Å². The van der Waals surface area contributed by atoms with Crippen LogP contribution in [-0.2, 0) is 6.18 Å². The number of benzene rings is 2. The fraction of sp³-hybridized carbons (Fsp3) is 0.125. The Labute approximate surface area is 113 Å². The molecule has 0 radical (unpaired) electrons. The fourth-order valence-electron chi connectivity index (χ4n) is 2.13. The van der Waals surface area contributed by atoms with Gasteiger partial charge in [-0.15, -0.1) is 0 Å². The molecular formula is C16H11F3O. The molecule has 0 amide bonds. The highest BCUT2D eigenvalue weighted by atomic mass is 19.4. The Hall–Kier alpha value is -2.23. The van der Waals surface area contributed by atoms with E-state index in [1.165, 1.54) is 12.1 Å². The van der Waals surface area contributed by atoms with Crippen molar-refractivity contribution in [3.63, 3.8) is 0 Å². The molecule has 1 aromatic heterocycles. The molecule has 102 valence electrons. The summed E-state index contributed by atoms with van der Waals surface area (Å²) in [7, 11) is 0. The molecule has 0 atom stereocenters. The van der Waals surface area contributed by atoms with Crippen LogP contribution in [0, 0.1) is 6.92 Å². The molecule has 0 saturated heterocycles. The van der Waals surface area contributed by atoms with Crippen molar-refractivity contribution < 1.29 is 17.6 Å². The predicted molar refractivity (Wildman–Crippen MR) is 71.4 cm³/mol. The smallest absolute Gasteiger partial charge is 0.416 e. The Morgan fingerprint density at radius 3 is 2.25 bits per heavy atom. The van der Waals surface area contributed by atoms with Crippen molar-refractivity contribution in [2.45, 2.75) is 13.1 Å². The number of aryl methyl sites for hydroxylation is 1. The van der Waals surface area contributed by atoms with Gasteiger partial charge < -0.3 is 4.42 Å². The Morgan fingerprint density at radius 1 is 0.900 bits per heavy atom. The molecule has 0 aliphatic heterocycles. The number of furan rings is 1. The van der Waals surface area contributed by atoms with Gasteiger partial charge in [0.15, 0.2) is 0 Å². The van der Waals surface area contributed by atoms with E-state index in [2.05, 4.69) is 0 Å². The second-order valence-corrected chi connectivity index (χ2v) is 4.73.